The minimum Gasteiger partial charge on any atom is -0.508 e. The van der Waals surface area contributed by atoms with Crippen molar-refractivity contribution in [2.75, 3.05) is 6.54 Å². The molecule has 0 saturated heterocycles. The first-order chi connectivity index (χ1) is 13.6. The number of phenols is 1. The number of hydrogen-bond acceptors (Lipinski definition) is 5. The van der Waals surface area contributed by atoms with Gasteiger partial charge < -0.3 is 25.4 Å². The molecule has 1 aromatic rings. The number of carbonyl (C=O) groups excluding carboxylic acids is 3. The van der Waals surface area contributed by atoms with Crippen molar-refractivity contribution in [2.24, 2.45) is 0 Å². The van der Waals surface area contributed by atoms with Crippen molar-refractivity contribution in [2.45, 2.75) is 78.6 Å². The summed E-state index contributed by atoms with van der Waals surface area (Å²) in [4.78, 5) is 39.6. The van der Waals surface area contributed by atoms with Crippen LogP contribution in [0.25, 0.3) is 0 Å². The molecule has 1 unspecified atom stereocenters. The molecule has 0 spiro atoms. The molecule has 3 amide bonds. The SMILES string of the molecule is CC(C)NC(=O)C(c1cccc(O)c1)N(C(=O)CNC(=O)OC(C)(C)C)C(C)(C)C. The summed E-state index contributed by atoms with van der Waals surface area (Å²) < 4.78 is 5.18. The summed E-state index contributed by atoms with van der Waals surface area (Å²) in [6.07, 6.45) is -0.717. The summed E-state index contributed by atoms with van der Waals surface area (Å²) in [6.45, 7) is 13.9. The zero-order chi connectivity index (χ0) is 23.3. The number of ether oxygens (including phenoxy) is 1. The number of nitrogens with one attached hydrogen (secondary N) is 2. The lowest BCUT2D eigenvalue weighted by molar-refractivity contribution is -0.146. The van der Waals surface area contributed by atoms with Crippen LogP contribution in [0.5, 0.6) is 5.75 Å². The van der Waals surface area contributed by atoms with Crippen LogP contribution >= 0.6 is 0 Å². The van der Waals surface area contributed by atoms with Crippen LogP contribution in [0, 0.1) is 0 Å². The zero-order valence-electron chi connectivity index (χ0n) is 19.2. The maximum atomic E-state index is 13.2. The van der Waals surface area contributed by atoms with Crippen LogP contribution in [-0.4, -0.2) is 51.6 Å². The van der Waals surface area contributed by atoms with E-state index >= 15 is 0 Å². The molecule has 0 fully saturated rings. The highest BCUT2D eigenvalue weighted by atomic mass is 16.6. The van der Waals surface area contributed by atoms with Gasteiger partial charge in [-0.3, -0.25) is 9.59 Å². The second-order valence-electron chi connectivity index (χ2n) is 9.45. The molecule has 0 aliphatic carbocycles. The highest BCUT2D eigenvalue weighted by Crippen LogP contribution is 2.30. The molecule has 0 saturated carbocycles. The summed E-state index contributed by atoms with van der Waals surface area (Å²) in [7, 11) is 0. The quantitative estimate of drug-likeness (QED) is 0.654. The van der Waals surface area contributed by atoms with Crippen molar-refractivity contribution in [3.63, 3.8) is 0 Å². The van der Waals surface area contributed by atoms with Gasteiger partial charge in [-0.1, -0.05) is 12.1 Å². The fraction of sp³-hybridized carbons (Fsp3) is 0.591. The fourth-order valence-corrected chi connectivity index (χ4v) is 2.93. The highest BCUT2D eigenvalue weighted by Gasteiger charge is 2.38. The summed E-state index contributed by atoms with van der Waals surface area (Å²) in [5.74, 6) is -0.847. The standard InChI is InChI=1S/C22H35N3O5/c1-14(2)24-19(28)18(15-10-9-11-16(26)12-15)25(21(3,4)5)17(27)13-23-20(29)30-22(6,7)8/h9-12,14,18,26H,13H2,1-8H3,(H,23,29)(H,24,28). The molecule has 0 radical (unpaired) electrons. The van der Waals surface area contributed by atoms with Gasteiger partial charge in [0, 0.05) is 11.6 Å². The van der Waals surface area contributed by atoms with Crippen molar-refractivity contribution < 1.29 is 24.2 Å². The molecule has 0 heterocycles. The molecule has 168 valence electrons. The lowest BCUT2D eigenvalue weighted by atomic mass is 9.96. The largest absolute Gasteiger partial charge is 0.508 e. The smallest absolute Gasteiger partial charge is 0.408 e. The van der Waals surface area contributed by atoms with Crippen LogP contribution < -0.4 is 10.6 Å². The Bertz CT molecular complexity index is 763. The van der Waals surface area contributed by atoms with E-state index in [4.69, 9.17) is 4.74 Å². The topological polar surface area (TPSA) is 108 Å². The highest BCUT2D eigenvalue weighted by molar-refractivity contribution is 5.91. The van der Waals surface area contributed by atoms with Gasteiger partial charge in [0.1, 0.15) is 23.9 Å². The average molecular weight is 422 g/mol. The van der Waals surface area contributed by atoms with Crippen molar-refractivity contribution in [3.8, 4) is 5.75 Å². The predicted molar refractivity (Wildman–Crippen MR) is 115 cm³/mol. The lowest BCUT2D eigenvalue weighted by Crippen LogP contribution is -2.55. The van der Waals surface area contributed by atoms with Crippen LogP contribution in [0.4, 0.5) is 4.79 Å². The van der Waals surface area contributed by atoms with Crippen LogP contribution in [0.1, 0.15) is 67.0 Å². The third-order valence-corrected chi connectivity index (χ3v) is 3.90. The van der Waals surface area contributed by atoms with Gasteiger partial charge in [-0.2, -0.15) is 0 Å². The van der Waals surface area contributed by atoms with Gasteiger partial charge in [0.05, 0.1) is 0 Å². The average Bonchev–Trinajstić information content (AvgIpc) is 2.54. The Kier molecular flexibility index (Phi) is 8.27. The molecule has 1 aromatic carbocycles. The molecule has 8 nitrogen and oxygen atoms in total. The Hall–Kier alpha value is -2.77. The van der Waals surface area contributed by atoms with Crippen LogP contribution in [-0.2, 0) is 14.3 Å². The molecule has 3 N–H and O–H groups in total. The minimum absolute atomic E-state index is 0.0111. The van der Waals surface area contributed by atoms with E-state index in [9.17, 15) is 19.5 Å². The van der Waals surface area contributed by atoms with Gasteiger partial charge in [0.15, 0.2) is 0 Å². The lowest BCUT2D eigenvalue weighted by Gasteiger charge is -2.41. The van der Waals surface area contributed by atoms with Gasteiger partial charge in [-0.25, -0.2) is 4.79 Å². The second-order valence-corrected chi connectivity index (χ2v) is 9.45. The zero-order valence-corrected chi connectivity index (χ0v) is 19.2. The third-order valence-electron chi connectivity index (χ3n) is 3.90. The van der Waals surface area contributed by atoms with E-state index in [1.165, 1.54) is 17.0 Å². The van der Waals surface area contributed by atoms with E-state index in [2.05, 4.69) is 10.6 Å². The first-order valence-electron chi connectivity index (χ1n) is 10.00. The monoisotopic (exact) mass is 421 g/mol. The van der Waals surface area contributed by atoms with Crippen LogP contribution in [0.3, 0.4) is 0 Å². The van der Waals surface area contributed by atoms with E-state index in [0.29, 0.717) is 5.56 Å². The van der Waals surface area contributed by atoms with Gasteiger partial charge in [-0.05, 0) is 73.1 Å². The Morgan fingerprint density at radius 2 is 1.70 bits per heavy atom. The molecular weight excluding hydrogens is 386 g/mol. The van der Waals surface area contributed by atoms with E-state index in [1.807, 2.05) is 13.8 Å². The van der Waals surface area contributed by atoms with Crippen LogP contribution in [0.15, 0.2) is 24.3 Å². The number of hydrogen-bond donors (Lipinski definition) is 3. The normalized spacial score (nSPS) is 12.8. The summed E-state index contributed by atoms with van der Waals surface area (Å²) in [5, 5.41) is 15.2. The first kappa shape index (κ1) is 25.3. The maximum Gasteiger partial charge on any atom is 0.408 e. The van der Waals surface area contributed by atoms with Crippen LogP contribution in [0.2, 0.25) is 0 Å². The molecule has 0 aromatic heterocycles. The maximum absolute atomic E-state index is 13.2. The summed E-state index contributed by atoms with van der Waals surface area (Å²) in [5.41, 5.74) is -0.983. The summed E-state index contributed by atoms with van der Waals surface area (Å²) in [6, 6.07) is 5.11. The molecule has 30 heavy (non-hydrogen) atoms. The van der Waals surface area contributed by atoms with E-state index < -0.39 is 29.2 Å². The van der Waals surface area contributed by atoms with Gasteiger partial charge in [-0.15, -0.1) is 0 Å². The van der Waals surface area contributed by atoms with Gasteiger partial charge >= 0.3 is 6.09 Å². The number of nitrogens with zero attached hydrogens (tertiary/aromatic N) is 1. The van der Waals surface area contributed by atoms with Gasteiger partial charge in [0.25, 0.3) is 0 Å². The molecule has 0 aliphatic heterocycles. The Labute approximate surface area is 179 Å². The van der Waals surface area contributed by atoms with E-state index in [0.717, 1.165) is 0 Å². The minimum atomic E-state index is -0.993. The Balaban J connectivity index is 3.25. The van der Waals surface area contributed by atoms with Crippen molar-refractivity contribution >= 4 is 17.9 Å². The van der Waals surface area contributed by atoms with E-state index in [1.54, 1.807) is 53.7 Å². The molecule has 8 heteroatoms. The number of amides is 3. The third kappa shape index (κ3) is 7.93. The molecule has 0 bridgehead atoms. The number of benzene rings is 1. The van der Waals surface area contributed by atoms with Crippen molar-refractivity contribution in [1.82, 2.24) is 15.5 Å². The molecule has 1 rings (SSSR count). The molecular formula is C22H35N3O5. The molecule has 1 atom stereocenters. The first-order valence-corrected chi connectivity index (χ1v) is 10.00. The number of alkyl carbamates (subject to hydrolysis) is 1. The second kappa shape index (κ2) is 9.82. The van der Waals surface area contributed by atoms with Gasteiger partial charge in [0.2, 0.25) is 11.8 Å². The number of aromatic hydroxyl groups is 1. The summed E-state index contributed by atoms with van der Waals surface area (Å²) >= 11 is 0. The molecule has 0 aliphatic rings. The number of phenolic OH excluding ortho intramolecular Hbond substituents is 1. The van der Waals surface area contributed by atoms with Crippen molar-refractivity contribution in [3.05, 3.63) is 29.8 Å². The van der Waals surface area contributed by atoms with E-state index in [-0.39, 0.29) is 24.2 Å². The number of rotatable bonds is 6. The predicted octanol–water partition coefficient (Wildman–Crippen LogP) is 3.11. The Morgan fingerprint density at radius 3 is 2.17 bits per heavy atom. The Morgan fingerprint density at radius 1 is 1.10 bits per heavy atom. The van der Waals surface area contributed by atoms with Crippen molar-refractivity contribution in [1.29, 1.82) is 0 Å². The number of carbonyl (C=O) groups is 3. The fourth-order valence-electron chi connectivity index (χ4n) is 2.93.